The Balaban J connectivity index is 3.02. The molecule has 4 heteroatoms. The summed E-state index contributed by atoms with van der Waals surface area (Å²) in [6.45, 7) is 0. The average Bonchev–Trinajstić information content (AvgIpc) is 1.69. The van der Waals surface area contributed by atoms with Gasteiger partial charge >= 0.3 is 0 Å². The summed E-state index contributed by atoms with van der Waals surface area (Å²) in [4.78, 5) is 3.81. The van der Waals surface area contributed by atoms with Crippen molar-refractivity contribution in [2.24, 2.45) is 0 Å². The van der Waals surface area contributed by atoms with Crippen LogP contribution in [0.15, 0.2) is 12.5 Å². The molecule has 0 fully saturated rings. The number of nitrogens with zero attached hydrogens (tertiary/aromatic N) is 3. The monoisotopic (exact) mass is 93.0 g/mol. The molecule has 0 aliphatic carbocycles. The zero-order valence-electron chi connectivity index (χ0n) is 4.00. The number of rotatable bonds is 0. The molecule has 7 heavy (non-hydrogen) atoms. The topological polar surface area (TPSA) is 38.7 Å². The molecule has 1 aromatic rings. The lowest BCUT2D eigenvalue weighted by Crippen LogP contribution is -2.07. The predicted molar refractivity (Wildman–Crippen MR) is 28.0 cm³/mol. The highest BCUT2D eigenvalue weighted by Gasteiger charge is 1.76. The molecule has 0 spiro atoms. The Morgan fingerprint density at radius 3 is 2.57 bits per heavy atom. The first-order valence-electron chi connectivity index (χ1n) is 1.99. The maximum absolute atomic E-state index is 3.81. The summed E-state index contributed by atoms with van der Waals surface area (Å²) in [6.07, 6.45) is 3.04. The summed E-state index contributed by atoms with van der Waals surface area (Å²) in [5, 5.41) is 7.06. The Morgan fingerprint density at radius 2 is 2.29 bits per heavy atom. The second-order valence-electron chi connectivity index (χ2n) is 1.25. The highest BCUT2D eigenvalue weighted by atomic mass is 15.1. The van der Waals surface area contributed by atoms with Crippen LogP contribution < -0.4 is 5.59 Å². The van der Waals surface area contributed by atoms with Gasteiger partial charge in [0.2, 0.25) is 0 Å². The fourth-order valence-electron chi connectivity index (χ4n) is 0.297. The van der Waals surface area contributed by atoms with Crippen molar-refractivity contribution >= 4 is 13.4 Å². The van der Waals surface area contributed by atoms with Crippen molar-refractivity contribution < 1.29 is 0 Å². The quantitative estimate of drug-likeness (QED) is 0.352. The summed E-state index contributed by atoms with van der Waals surface area (Å²) in [5.41, 5.74) is 0.898. The van der Waals surface area contributed by atoms with Crippen LogP contribution in [-0.2, 0) is 0 Å². The van der Waals surface area contributed by atoms with Gasteiger partial charge in [-0.25, -0.2) is 4.98 Å². The normalized spacial score (nSPS) is 8.57. The van der Waals surface area contributed by atoms with Crippen molar-refractivity contribution in [1.29, 1.82) is 0 Å². The molecule has 0 atom stereocenters. The van der Waals surface area contributed by atoms with Gasteiger partial charge in [0.05, 0.1) is 6.20 Å². The summed E-state index contributed by atoms with van der Waals surface area (Å²) in [7, 11) is 1.87. The minimum absolute atomic E-state index is 0.898. The molecular weight excluding hydrogens is 88.9 g/mol. The largest absolute Gasteiger partial charge is 0.249 e. The molecule has 0 saturated carbocycles. The van der Waals surface area contributed by atoms with Crippen LogP contribution in [0, 0.1) is 0 Å². The van der Waals surface area contributed by atoms with Gasteiger partial charge in [-0.2, -0.15) is 5.10 Å². The minimum Gasteiger partial charge on any atom is -0.249 e. The third-order valence-corrected chi connectivity index (χ3v) is 0.624. The zero-order valence-corrected chi connectivity index (χ0v) is 4.00. The van der Waals surface area contributed by atoms with Crippen molar-refractivity contribution in [3.05, 3.63) is 12.5 Å². The third kappa shape index (κ3) is 0.959. The SMILES string of the molecule is Bc1cnncn1. The van der Waals surface area contributed by atoms with Crippen molar-refractivity contribution in [3.63, 3.8) is 0 Å². The van der Waals surface area contributed by atoms with Gasteiger partial charge in [0.25, 0.3) is 0 Å². The van der Waals surface area contributed by atoms with Gasteiger partial charge in [-0.3, -0.25) is 0 Å². The first kappa shape index (κ1) is 4.24. The average molecular weight is 92.9 g/mol. The molecule has 0 radical (unpaired) electrons. The standard InChI is InChI=1S/C3H4BN3/c4-3-1-6-7-2-5-3/h1-2H,4H2. The van der Waals surface area contributed by atoms with E-state index in [1.165, 1.54) is 6.33 Å². The van der Waals surface area contributed by atoms with Gasteiger partial charge in [0, 0.05) is 5.59 Å². The van der Waals surface area contributed by atoms with Gasteiger partial charge in [-0.15, -0.1) is 5.10 Å². The molecule has 34 valence electrons. The van der Waals surface area contributed by atoms with Crippen molar-refractivity contribution in [3.8, 4) is 0 Å². The van der Waals surface area contributed by atoms with Crippen LogP contribution in [0.4, 0.5) is 0 Å². The molecule has 0 N–H and O–H groups in total. The molecule has 0 bridgehead atoms. The molecule has 0 aliphatic heterocycles. The molecule has 0 aromatic carbocycles. The molecule has 1 heterocycles. The van der Waals surface area contributed by atoms with E-state index in [4.69, 9.17) is 0 Å². The third-order valence-electron chi connectivity index (χ3n) is 0.624. The van der Waals surface area contributed by atoms with Crippen LogP contribution in [0.1, 0.15) is 0 Å². The van der Waals surface area contributed by atoms with Gasteiger partial charge in [-0.1, -0.05) is 0 Å². The van der Waals surface area contributed by atoms with Crippen LogP contribution in [0.25, 0.3) is 0 Å². The smallest absolute Gasteiger partial charge is 0.166 e. The maximum Gasteiger partial charge on any atom is 0.166 e. The van der Waals surface area contributed by atoms with E-state index in [1.807, 2.05) is 7.85 Å². The van der Waals surface area contributed by atoms with E-state index in [1.54, 1.807) is 6.20 Å². The van der Waals surface area contributed by atoms with Crippen LogP contribution >= 0.6 is 0 Å². The van der Waals surface area contributed by atoms with E-state index in [-0.39, 0.29) is 0 Å². The number of aromatic nitrogens is 3. The highest BCUT2D eigenvalue weighted by Crippen LogP contribution is 1.55. The second kappa shape index (κ2) is 1.68. The summed E-state index contributed by atoms with van der Waals surface area (Å²) in [6, 6.07) is 0. The van der Waals surface area contributed by atoms with Gasteiger partial charge in [0.1, 0.15) is 6.33 Å². The van der Waals surface area contributed by atoms with Gasteiger partial charge in [-0.05, 0) is 0 Å². The van der Waals surface area contributed by atoms with E-state index >= 15 is 0 Å². The molecule has 3 nitrogen and oxygen atoms in total. The van der Waals surface area contributed by atoms with E-state index in [2.05, 4.69) is 15.2 Å². The van der Waals surface area contributed by atoms with E-state index in [0.717, 1.165) is 5.59 Å². The lowest BCUT2D eigenvalue weighted by molar-refractivity contribution is 0.986. The Hall–Kier alpha value is -0.925. The molecular formula is C3H4BN3. The number of hydrogen-bond donors (Lipinski definition) is 0. The molecule has 0 aliphatic rings. The fourth-order valence-corrected chi connectivity index (χ4v) is 0.297. The van der Waals surface area contributed by atoms with Gasteiger partial charge in [0.15, 0.2) is 7.85 Å². The van der Waals surface area contributed by atoms with Crippen LogP contribution in [0.2, 0.25) is 0 Å². The van der Waals surface area contributed by atoms with E-state index in [0.29, 0.717) is 0 Å². The van der Waals surface area contributed by atoms with Crippen LogP contribution in [-0.4, -0.2) is 23.0 Å². The summed E-state index contributed by atoms with van der Waals surface area (Å²) >= 11 is 0. The minimum atomic E-state index is 0.898. The molecule has 0 saturated heterocycles. The Morgan fingerprint density at radius 1 is 1.43 bits per heavy atom. The first-order valence-corrected chi connectivity index (χ1v) is 1.99. The van der Waals surface area contributed by atoms with Gasteiger partial charge < -0.3 is 0 Å². The molecule has 1 rings (SSSR count). The Kier molecular flexibility index (Phi) is 1.02. The first-order chi connectivity index (χ1) is 3.39. The molecule has 1 aromatic heterocycles. The predicted octanol–water partition coefficient (Wildman–Crippen LogP) is -1.87. The molecule has 0 amide bonds. The van der Waals surface area contributed by atoms with Crippen molar-refractivity contribution in [2.75, 3.05) is 0 Å². The van der Waals surface area contributed by atoms with Crippen LogP contribution in [0.3, 0.4) is 0 Å². The summed E-state index contributed by atoms with van der Waals surface area (Å²) in [5.74, 6) is 0. The van der Waals surface area contributed by atoms with Crippen molar-refractivity contribution in [1.82, 2.24) is 15.2 Å². The maximum atomic E-state index is 3.81. The Labute approximate surface area is 42.2 Å². The van der Waals surface area contributed by atoms with E-state index in [9.17, 15) is 0 Å². The summed E-state index contributed by atoms with van der Waals surface area (Å²) < 4.78 is 0. The van der Waals surface area contributed by atoms with Crippen LogP contribution in [0.5, 0.6) is 0 Å². The second-order valence-corrected chi connectivity index (χ2v) is 1.25. The van der Waals surface area contributed by atoms with Crippen molar-refractivity contribution in [2.45, 2.75) is 0 Å². The Bertz CT molecular complexity index is 140. The fraction of sp³-hybridized carbons (Fsp3) is 0. The van der Waals surface area contributed by atoms with E-state index < -0.39 is 0 Å². The lowest BCUT2D eigenvalue weighted by atomic mass is 10.1. The lowest BCUT2D eigenvalue weighted by Gasteiger charge is -1.80. The molecule has 0 unspecified atom stereocenters. The number of hydrogen-bond acceptors (Lipinski definition) is 3. The highest BCUT2D eigenvalue weighted by molar-refractivity contribution is 6.30. The zero-order chi connectivity index (χ0) is 5.11.